The maximum Gasteiger partial charge on any atom is 0.244 e. The van der Waals surface area contributed by atoms with Crippen LogP contribution in [0.5, 0.6) is 0 Å². The molecule has 0 aliphatic carbocycles. The van der Waals surface area contributed by atoms with Crippen LogP contribution in [-0.2, 0) is 17.1 Å². The molecule has 1 N–H and O–H groups in total. The predicted molar refractivity (Wildman–Crippen MR) is 118 cm³/mol. The number of nitrogens with one attached hydrogen (secondary N) is 1. The van der Waals surface area contributed by atoms with Crippen molar-refractivity contribution in [1.29, 1.82) is 0 Å². The Hall–Kier alpha value is -2.47. The second-order valence-electron chi connectivity index (χ2n) is 7.15. The van der Waals surface area contributed by atoms with Crippen LogP contribution in [0.2, 0.25) is 0 Å². The van der Waals surface area contributed by atoms with Gasteiger partial charge in [0.1, 0.15) is 12.4 Å². The maximum absolute atomic E-state index is 12.9. The van der Waals surface area contributed by atoms with Crippen LogP contribution in [-0.4, -0.2) is 34.8 Å². The Balaban J connectivity index is 1.56. The number of aromatic nitrogens is 2. The lowest BCUT2D eigenvalue weighted by molar-refractivity contribution is -0.116. The van der Waals surface area contributed by atoms with Crippen molar-refractivity contribution < 1.29 is 4.79 Å². The number of carbonyl (C=O) groups is 1. The van der Waals surface area contributed by atoms with E-state index in [9.17, 15) is 4.79 Å². The van der Waals surface area contributed by atoms with E-state index < -0.39 is 0 Å². The lowest BCUT2D eigenvalue weighted by Crippen LogP contribution is -2.30. The fourth-order valence-electron chi connectivity index (χ4n) is 3.86. The van der Waals surface area contributed by atoms with Gasteiger partial charge in [0.2, 0.25) is 5.91 Å². The number of nitrogens with zero attached hydrogens (tertiary/aromatic N) is 3. The van der Waals surface area contributed by atoms with Crippen molar-refractivity contribution in [2.75, 3.05) is 29.6 Å². The van der Waals surface area contributed by atoms with Gasteiger partial charge in [-0.1, -0.05) is 24.3 Å². The molecular formula is C22H26N4OS. The molecule has 0 saturated carbocycles. The minimum Gasteiger partial charge on any atom is -0.370 e. The summed E-state index contributed by atoms with van der Waals surface area (Å²) in [6, 6.07) is 16.1. The third-order valence-electron chi connectivity index (χ3n) is 5.18. The number of piperidine rings is 1. The fourth-order valence-corrected chi connectivity index (χ4v) is 4.34. The molecule has 3 aromatic rings. The molecule has 1 fully saturated rings. The quantitative estimate of drug-likeness (QED) is 0.667. The summed E-state index contributed by atoms with van der Waals surface area (Å²) in [5.74, 6) is 1.70. The van der Waals surface area contributed by atoms with Gasteiger partial charge in [0, 0.05) is 13.1 Å². The number of hydrogen-bond donors (Lipinski definition) is 1. The van der Waals surface area contributed by atoms with E-state index in [4.69, 9.17) is 4.98 Å². The van der Waals surface area contributed by atoms with Crippen LogP contribution in [0.15, 0.2) is 48.5 Å². The number of anilines is 2. The molecule has 0 spiro atoms. The summed E-state index contributed by atoms with van der Waals surface area (Å²) in [5, 5.41) is 3.14. The Morgan fingerprint density at radius 2 is 1.82 bits per heavy atom. The highest BCUT2D eigenvalue weighted by molar-refractivity contribution is 7.97. The molecule has 1 aromatic heterocycles. The van der Waals surface area contributed by atoms with Crippen LogP contribution in [0.1, 0.15) is 25.1 Å². The zero-order chi connectivity index (χ0) is 19.3. The second kappa shape index (κ2) is 8.69. The number of thioether (sulfide) groups is 1. The first kappa shape index (κ1) is 18.9. The molecule has 1 aliphatic heterocycles. The Bertz CT molecular complexity index is 962. The Kier molecular flexibility index (Phi) is 5.86. The summed E-state index contributed by atoms with van der Waals surface area (Å²) in [4.78, 5) is 20.0. The normalized spacial score (nSPS) is 14.4. The summed E-state index contributed by atoms with van der Waals surface area (Å²) in [5.41, 5.74) is 3.96. The number of amides is 1. The highest BCUT2D eigenvalue weighted by atomic mass is 32.2. The molecular weight excluding hydrogens is 368 g/mol. The molecule has 1 aliphatic rings. The number of fused-ring (bicyclic) bond motifs is 1. The van der Waals surface area contributed by atoms with Crippen LogP contribution in [0.25, 0.3) is 11.0 Å². The summed E-state index contributed by atoms with van der Waals surface area (Å²) in [6.07, 6.45) is 5.76. The highest BCUT2D eigenvalue weighted by Gasteiger charge is 2.17. The van der Waals surface area contributed by atoms with Gasteiger partial charge < -0.3 is 14.8 Å². The predicted octanol–water partition coefficient (Wildman–Crippen LogP) is 4.53. The van der Waals surface area contributed by atoms with Crippen molar-refractivity contribution in [2.45, 2.75) is 31.6 Å². The van der Waals surface area contributed by atoms with Gasteiger partial charge in [0.25, 0.3) is 0 Å². The second-order valence-corrected chi connectivity index (χ2v) is 8.01. The summed E-state index contributed by atoms with van der Waals surface area (Å²) in [7, 11) is 0. The number of rotatable bonds is 6. The molecule has 1 amide bonds. The van der Waals surface area contributed by atoms with Crippen molar-refractivity contribution in [3.63, 3.8) is 0 Å². The third kappa shape index (κ3) is 4.02. The average molecular weight is 395 g/mol. The summed E-state index contributed by atoms with van der Waals surface area (Å²) in [6.45, 7) is 2.37. The van der Waals surface area contributed by atoms with E-state index >= 15 is 0 Å². The molecule has 4 rings (SSSR count). The Morgan fingerprint density at radius 3 is 2.64 bits per heavy atom. The van der Waals surface area contributed by atoms with E-state index in [-0.39, 0.29) is 12.5 Å². The summed E-state index contributed by atoms with van der Waals surface area (Å²) >= 11 is 1.71. The first-order valence-corrected chi connectivity index (χ1v) is 11.2. The SMILES string of the molecule is CSCc1nc2ccccc2n1CC(=O)Nc1ccccc1N1CCCCC1. The first-order chi connectivity index (χ1) is 13.8. The monoisotopic (exact) mass is 394 g/mol. The van der Waals surface area contributed by atoms with E-state index in [2.05, 4.69) is 22.5 Å². The van der Waals surface area contributed by atoms with Crippen molar-refractivity contribution in [1.82, 2.24) is 9.55 Å². The van der Waals surface area contributed by atoms with Gasteiger partial charge in [0.05, 0.1) is 28.2 Å². The van der Waals surface area contributed by atoms with Crippen LogP contribution in [0, 0.1) is 0 Å². The zero-order valence-corrected chi connectivity index (χ0v) is 17.0. The number of para-hydroxylation sites is 4. The standard InChI is InChI=1S/C22H26N4OS/c1-28-16-21-23-18-10-4-6-12-20(18)26(21)15-22(27)24-17-9-3-5-11-19(17)25-13-7-2-8-14-25/h3-6,9-12H,2,7-8,13-16H2,1H3,(H,24,27). The van der Waals surface area contributed by atoms with Gasteiger partial charge in [-0.05, 0) is 49.8 Å². The smallest absolute Gasteiger partial charge is 0.244 e. The van der Waals surface area contributed by atoms with Crippen molar-refractivity contribution in [3.05, 3.63) is 54.4 Å². The van der Waals surface area contributed by atoms with E-state index in [0.29, 0.717) is 0 Å². The molecule has 28 heavy (non-hydrogen) atoms. The molecule has 2 aromatic carbocycles. The largest absolute Gasteiger partial charge is 0.370 e. The Morgan fingerprint density at radius 1 is 1.07 bits per heavy atom. The van der Waals surface area contributed by atoms with E-state index in [1.54, 1.807) is 11.8 Å². The lowest BCUT2D eigenvalue weighted by atomic mass is 10.1. The number of benzene rings is 2. The van der Waals surface area contributed by atoms with Crippen LogP contribution in [0.4, 0.5) is 11.4 Å². The molecule has 2 heterocycles. The fraction of sp³-hybridized carbons (Fsp3) is 0.364. The third-order valence-corrected chi connectivity index (χ3v) is 5.73. The van der Waals surface area contributed by atoms with Gasteiger partial charge in [-0.2, -0.15) is 11.8 Å². The van der Waals surface area contributed by atoms with E-state index in [1.807, 2.05) is 47.0 Å². The number of imidazole rings is 1. The van der Waals surface area contributed by atoms with Crippen molar-refractivity contribution >= 4 is 40.1 Å². The molecule has 5 nitrogen and oxygen atoms in total. The van der Waals surface area contributed by atoms with Gasteiger partial charge in [0.15, 0.2) is 0 Å². The van der Waals surface area contributed by atoms with Crippen molar-refractivity contribution in [3.8, 4) is 0 Å². The Labute approximate surface area is 170 Å². The topological polar surface area (TPSA) is 50.2 Å². The molecule has 0 bridgehead atoms. The van der Waals surface area contributed by atoms with E-state index in [1.165, 1.54) is 19.3 Å². The van der Waals surface area contributed by atoms with Crippen LogP contribution < -0.4 is 10.2 Å². The average Bonchev–Trinajstić information content (AvgIpc) is 3.06. The summed E-state index contributed by atoms with van der Waals surface area (Å²) < 4.78 is 2.03. The van der Waals surface area contributed by atoms with Gasteiger partial charge in [-0.15, -0.1) is 0 Å². The van der Waals surface area contributed by atoms with E-state index in [0.717, 1.165) is 47.1 Å². The zero-order valence-electron chi connectivity index (χ0n) is 16.2. The van der Waals surface area contributed by atoms with Gasteiger partial charge >= 0.3 is 0 Å². The molecule has 0 unspecified atom stereocenters. The molecule has 0 atom stereocenters. The van der Waals surface area contributed by atoms with Gasteiger partial charge in [-0.3, -0.25) is 4.79 Å². The minimum absolute atomic E-state index is 0.0186. The number of hydrogen-bond acceptors (Lipinski definition) is 4. The van der Waals surface area contributed by atoms with Crippen LogP contribution >= 0.6 is 11.8 Å². The van der Waals surface area contributed by atoms with Crippen molar-refractivity contribution in [2.24, 2.45) is 0 Å². The van der Waals surface area contributed by atoms with Crippen LogP contribution in [0.3, 0.4) is 0 Å². The first-order valence-electron chi connectivity index (χ1n) is 9.83. The molecule has 1 saturated heterocycles. The molecule has 146 valence electrons. The molecule has 6 heteroatoms. The molecule has 0 radical (unpaired) electrons. The number of carbonyl (C=O) groups excluding carboxylic acids is 1. The minimum atomic E-state index is -0.0186. The maximum atomic E-state index is 12.9. The lowest BCUT2D eigenvalue weighted by Gasteiger charge is -2.30. The van der Waals surface area contributed by atoms with Gasteiger partial charge in [-0.25, -0.2) is 4.98 Å². The highest BCUT2D eigenvalue weighted by Crippen LogP contribution is 2.28.